The Morgan fingerprint density at radius 3 is 1.26 bits per heavy atom. The van der Waals surface area contributed by atoms with Gasteiger partial charge in [-0.1, -0.05) is 60.7 Å². The van der Waals surface area contributed by atoms with Gasteiger partial charge in [0.15, 0.2) is 20.3 Å². The van der Waals surface area contributed by atoms with Crippen molar-refractivity contribution in [3.63, 3.8) is 0 Å². The minimum atomic E-state index is -4.57. The fourth-order valence-corrected chi connectivity index (χ4v) is 4.24. The molecule has 0 amide bonds. The number of carbonyl (C=O) groups is 2. The van der Waals surface area contributed by atoms with E-state index in [9.17, 15) is 28.2 Å². The van der Waals surface area contributed by atoms with E-state index in [1.54, 1.807) is 12.1 Å². The molecule has 0 heterocycles. The second-order valence-corrected chi connectivity index (χ2v) is 6.97. The van der Waals surface area contributed by atoms with Crippen molar-refractivity contribution in [2.45, 2.75) is 10.5 Å². The van der Waals surface area contributed by atoms with E-state index in [1.165, 1.54) is 48.5 Å². The van der Waals surface area contributed by atoms with Crippen LogP contribution in [0.3, 0.4) is 0 Å². The third kappa shape index (κ3) is 3.40. The quantitative estimate of drug-likeness (QED) is 0.837. The normalized spacial score (nSPS) is 13.9. The largest absolute Gasteiger partial charge is 0.480 e. The fourth-order valence-electron chi connectivity index (χ4n) is 2.34. The van der Waals surface area contributed by atoms with Crippen molar-refractivity contribution >= 4 is 21.8 Å². The number of carboxylic acids is 2. The van der Waals surface area contributed by atoms with E-state index in [2.05, 4.69) is 0 Å². The van der Waals surface area contributed by atoms with Gasteiger partial charge in [0.25, 0.3) is 0 Å². The zero-order chi connectivity index (χ0) is 17.0. The number of aliphatic carboxylic acids is 2. The number of sulfone groups is 1. The summed E-state index contributed by atoms with van der Waals surface area (Å²) in [7, 11) is -4.57. The van der Waals surface area contributed by atoms with Crippen LogP contribution in [0.15, 0.2) is 60.7 Å². The lowest BCUT2D eigenvalue weighted by molar-refractivity contribution is -0.136. The molecular formula is C16H14O6S. The molecule has 7 heteroatoms. The van der Waals surface area contributed by atoms with E-state index in [0.29, 0.717) is 0 Å². The molecule has 0 aliphatic rings. The predicted molar refractivity (Wildman–Crippen MR) is 82.6 cm³/mol. The molecular weight excluding hydrogens is 320 g/mol. The maximum atomic E-state index is 12.8. The van der Waals surface area contributed by atoms with Crippen LogP contribution in [0.4, 0.5) is 0 Å². The van der Waals surface area contributed by atoms with Gasteiger partial charge in [0.2, 0.25) is 0 Å². The summed E-state index contributed by atoms with van der Waals surface area (Å²) in [6, 6.07) is 14.6. The molecule has 0 radical (unpaired) electrons. The smallest absolute Gasteiger partial charge is 0.326 e. The molecule has 0 aliphatic carbocycles. The lowest BCUT2D eigenvalue weighted by Crippen LogP contribution is -2.31. The number of hydrogen-bond donors (Lipinski definition) is 2. The zero-order valence-corrected chi connectivity index (χ0v) is 12.7. The Kier molecular flexibility index (Phi) is 4.80. The van der Waals surface area contributed by atoms with E-state index in [1.807, 2.05) is 0 Å². The molecule has 0 aromatic heterocycles. The summed E-state index contributed by atoms with van der Waals surface area (Å²) in [5.41, 5.74) is 0.0318. The van der Waals surface area contributed by atoms with E-state index in [-0.39, 0.29) is 11.1 Å². The van der Waals surface area contributed by atoms with Crippen LogP contribution in [-0.4, -0.2) is 30.6 Å². The van der Waals surface area contributed by atoms with Gasteiger partial charge in [0.1, 0.15) is 0 Å². The van der Waals surface area contributed by atoms with Gasteiger partial charge < -0.3 is 10.2 Å². The summed E-state index contributed by atoms with van der Waals surface area (Å²) in [5.74, 6) is -3.23. The monoisotopic (exact) mass is 334 g/mol. The van der Waals surface area contributed by atoms with Crippen molar-refractivity contribution in [2.24, 2.45) is 0 Å². The van der Waals surface area contributed by atoms with Crippen LogP contribution in [0.5, 0.6) is 0 Å². The average Bonchev–Trinajstić information content (AvgIpc) is 2.48. The lowest BCUT2D eigenvalue weighted by atomic mass is 10.1. The second-order valence-electron chi connectivity index (χ2n) is 4.85. The summed E-state index contributed by atoms with van der Waals surface area (Å²) >= 11 is 0. The highest BCUT2D eigenvalue weighted by Crippen LogP contribution is 2.34. The Labute approximate surface area is 132 Å². The third-order valence-electron chi connectivity index (χ3n) is 3.31. The van der Waals surface area contributed by atoms with Crippen molar-refractivity contribution in [1.29, 1.82) is 0 Å². The Morgan fingerprint density at radius 2 is 1.00 bits per heavy atom. The van der Waals surface area contributed by atoms with Gasteiger partial charge in [-0.3, -0.25) is 9.59 Å². The molecule has 0 aliphatic heterocycles. The molecule has 2 atom stereocenters. The summed E-state index contributed by atoms with van der Waals surface area (Å²) < 4.78 is 25.5. The van der Waals surface area contributed by atoms with Crippen LogP contribution in [0.25, 0.3) is 0 Å². The molecule has 0 saturated heterocycles. The lowest BCUT2D eigenvalue weighted by Gasteiger charge is -2.19. The molecule has 2 rings (SSSR count). The van der Waals surface area contributed by atoms with E-state index >= 15 is 0 Å². The first-order valence-electron chi connectivity index (χ1n) is 6.64. The maximum absolute atomic E-state index is 12.8. The van der Waals surface area contributed by atoms with Crippen LogP contribution in [0.1, 0.15) is 21.6 Å². The minimum absolute atomic E-state index is 0.0159. The SMILES string of the molecule is O=C(O)[C@@H](c1ccccc1)S(=O)(=O)[C@@H](C(=O)O)c1ccccc1. The highest BCUT2D eigenvalue weighted by Gasteiger charge is 2.44. The Morgan fingerprint density at radius 1 is 0.696 bits per heavy atom. The van der Waals surface area contributed by atoms with E-state index in [0.717, 1.165) is 0 Å². The number of hydrogen-bond acceptors (Lipinski definition) is 4. The molecule has 2 aromatic carbocycles. The summed E-state index contributed by atoms with van der Waals surface area (Å²) in [6.07, 6.45) is 0. The summed E-state index contributed by atoms with van der Waals surface area (Å²) in [4.78, 5) is 23.1. The summed E-state index contributed by atoms with van der Waals surface area (Å²) in [6.45, 7) is 0. The molecule has 0 spiro atoms. The Bertz CT molecular complexity index is 735. The third-order valence-corrected chi connectivity index (χ3v) is 5.57. The number of carboxylic acid groups (broad SMARTS) is 2. The first kappa shape index (κ1) is 16.7. The molecule has 2 aromatic rings. The van der Waals surface area contributed by atoms with Gasteiger partial charge in [-0.05, 0) is 11.1 Å². The maximum Gasteiger partial charge on any atom is 0.326 e. The standard InChI is InChI=1S/C16H14O6S/c17-15(18)13(11-7-3-1-4-8-11)23(21,22)14(16(19)20)12-9-5-2-6-10-12/h1-10,13-14H,(H,17,18)(H,19,20)/t13-,14-/m1/s1. The van der Waals surface area contributed by atoms with Gasteiger partial charge in [0, 0.05) is 0 Å². The van der Waals surface area contributed by atoms with Crippen LogP contribution in [-0.2, 0) is 19.4 Å². The second kappa shape index (κ2) is 6.62. The van der Waals surface area contributed by atoms with Gasteiger partial charge >= 0.3 is 11.9 Å². The van der Waals surface area contributed by atoms with Crippen LogP contribution in [0.2, 0.25) is 0 Å². The van der Waals surface area contributed by atoms with Crippen LogP contribution in [0, 0.1) is 0 Å². The molecule has 0 unspecified atom stereocenters. The Balaban J connectivity index is 2.60. The first-order valence-corrected chi connectivity index (χ1v) is 8.25. The van der Waals surface area contributed by atoms with Gasteiger partial charge in [-0.2, -0.15) is 0 Å². The van der Waals surface area contributed by atoms with E-state index < -0.39 is 32.3 Å². The molecule has 23 heavy (non-hydrogen) atoms. The molecule has 0 fully saturated rings. The Hall–Kier alpha value is -2.67. The molecule has 6 nitrogen and oxygen atoms in total. The molecule has 2 N–H and O–H groups in total. The van der Waals surface area contributed by atoms with Gasteiger partial charge in [-0.25, -0.2) is 8.42 Å². The number of rotatable bonds is 6. The first-order chi connectivity index (χ1) is 10.9. The average molecular weight is 334 g/mol. The van der Waals surface area contributed by atoms with Crippen molar-refractivity contribution in [1.82, 2.24) is 0 Å². The molecule has 0 bridgehead atoms. The topological polar surface area (TPSA) is 109 Å². The summed E-state index contributed by atoms with van der Waals surface area (Å²) in [5, 5.41) is 14.8. The van der Waals surface area contributed by atoms with Crippen LogP contribution < -0.4 is 0 Å². The van der Waals surface area contributed by atoms with Crippen molar-refractivity contribution in [2.75, 3.05) is 0 Å². The minimum Gasteiger partial charge on any atom is -0.480 e. The highest BCUT2D eigenvalue weighted by atomic mass is 32.2. The van der Waals surface area contributed by atoms with Gasteiger partial charge in [-0.15, -0.1) is 0 Å². The van der Waals surface area contributed by atoms with Crippen molar-refractivity contribution < 1.29 is 28.2 Å². The van der Waals surface area contributed by atoms with Gasteiger partial charge in [0.05, 0.1) is 0 Å². The zero-order valence-electron chi connectivity index (χ0n) is 11.9. The van der Waals surface area contributed by atoms with E-state index in [4.69, 9.17) is 0 Å². The molecule has 0 saturated carbocycles. The fraction of sp³-hybridized carbons (Fsp3) is 0.125. The highest BCUT2D eigenvalue weighted by molar-refractivity contribution is 7.93. The van der Waals surface area contributed by atoms with Crippen molar-refractivity contribution in [3.8, 4) is 0 Å². The molecule has 120 valence electrons. The number of benzene rings is 2. The van der Waals surface area contributed by atoms with Crippen LogP contribution >= 0.6 is 0 Å². The van der Waals surface area contributed by atoms with Crippen molar-refractivity contribution in [3.05, 3.63) is 71.8 Å². The predicted octanol–water partition coefficient (Wildman–Crippen LogP) is 2.05.